The summed E-state index contributed by atoms with van der Waals surface area (Å²) < 4.78 is 10.9. The maximum atomic E-state index is 12.7. The average molecular weight is 384 g/mol. The summed E-state index contributed by atoms with van der Waals surface area (Å²) in [4.78, 5) is 26.9. The number of likely N-dealkylation sites (tertiary alicyclic amines) is 1. The van der Waals surface area contributed by atoms with Crippen LogP contribution in [0.3, 0.4) is 0 Å². The Morgan fingerprint density at radius 3 is 2.71 bits per heavy atom. The summed E-state index contributed by atoms with van der Waals surface area (Å²) in [5, 5.41) is 3.04. The summed E-state index contributed by atoms with van der Waals surface area (Å²) in [6.45, 7) is 6.06. The fourth-order valence-electron chi connectivity index (χ4n) is 3.39. The van der Waals surface area contributed by atoms with Gasteiger partial charge in [0.2, 0.25) is 5.91 Å². The van der Waals surface area contributed by atoms with Crippen LogP contribution in [-0.4, -0.2) is 35.9 Å². The second-order valence-electron chi connectivity index (χ2n) is 7.41. The maximum absolute atomic E-state index is 12.7. The van der Waals surface area contributed by atoms with Crippen molar-refractivity contribution in [2.75, 3.05) is 13.1 Å². The van der Waals surface area contributed by atoms with Crippen molar-refractivity contribution in [3.8, 4) is 0 Å². The van der Waals surface area contributed by atoms with E-state index < -0.39 is 0 Å². The summed E-state index contributed by atoms with van der Waals surface area (Å²) in [6.07, 6.45) is 3.24. The monoisotopic (exact) mass is 384 g/mol. The molecule has 2 aromatic rings. The van der Waals surface area contributed by atoms with E-state index in [2.05, 4.69) is 5.32 Å². The fourth-order valence-corrected chi connectivity index (χ4v) is 3.39. The molecule has 1 aromatic carbocycles. The lowest BCUT2D eigenvalue weighted by molar-refractivity contribution is -0.126. The van der Waals surface area contributed by atoms with Gasteiger partial charge < -0.3 is 19.4 Å². The third-order valence-corrected chi connectivity index (χ3v) is 4.95. The third kappa shape index (κ3) is 5.23. The summed E-state index contributed by atoms with van der Waals surface area (Å²) >= 11 is 0. The quantitative estimate of drug-likeness (QED) is 0.794. The van der Waals surface area contributed by atoms with E-state index in [0.29, 0.717) is 32.0 Å². The molecule has 1 atom stereocenters. The molecule has 1 aromatic heterocycles. The van der Waals surface area contributed by atoms with Gasteiger partial charge in [-0.05, 0) is 49.9 Å². The van der Waals surface area contributed by atoms with Crippen molar-refractivity contribution in [1.82, 2.24) is 10.2 Å². The molecule has 1 fully saturated rings. The number of furan rings is 1. The first kappa shape index (κ1) is 20.1. The van der Waals surface area contributed by atoms with Crippen LogP contribution in [-0.2, 0) is 22.7 Å². The van der Waals surface area contributed by atoms with Crippen LogP contribution in [0.25, 0.3) is 0 Å². The molecular weight excluding hydrogens is 356 g/mol. The van der Waals surface area contributed by atoms with E-state index in [1.54, 1.807) is 17.0 Å². The number of hydrogen-bond donors (Lipinski definition) is 1. The van der Waals surface area contributed by atoms with Gasteiger partial charge in [0.25, 0.3) is 5.91 Å². The van der Waals surface area contributed by atoms with Gasteiger partial charge in [0.1, 0.15) is 0 Å². The van der Waals surface area contributed by atoms with Crippen molar-refractivity contribution in [2.45, 2.75) is 45.9 Å². The largest absolute Gasteiger partial charge is 0.459 e. The summed E-state index contributed by atoms with van der Waals surface area (Å²) in [7, 11) is 0. The van der Waals surface area contributed by atoms with E-state index in [4.69, 9.17) is 9.15 Å². The molecule has 0 aliphatic carbocycles. The number of ether oxygens (including phenoxy) is 1. The maximum Gasteiger partial charge on any atom is 0.289 e. The zero-order valence-corrected chi connectivity index (χ0v) is 16.5. The second-order valence-corrected chi connectivity index (χ2v) is 7.41. The highest BCUT2D eigenvalue weighted by Crippen LogP contribution is 2.20. The molecule has 2 amide bonds. The fraction of sp³-hybridized carbons (Fsp3) is 0.455. The second kappa shape index (κ2) is 9.55. The number of piperidine rings is 1. The Kier molecular flexibility index (Phi) is 6.87. The van der Waals surface area contributed by atoms with Crippen LogP contribution in [0.15, 0.2) is 47.1 Å². The lowest BCUT2D eigenvalue weighted by atomic mass is 9.96. The highest BCUT2D eigenvalue weighted by Gasteiger charge is 2.29. The predicted octanol–water partition coefficient (Wildman–Crippen LogP) is 3.37. The molecule has 150 valence electrons. The number of rotatable bonds is 7. The molecule has 6 heteroatoms. The summed E-state index contributed by atoms with van der Waals surface area (Å²) in [6, 6.07) is 11.3. The molecule has 2 heterocycles. The number of benzene rings is 1. The lowest BCUT2D eigenvalue weighted by Gasteiger charge is -2.31. The molecule has 0 saturated carbocycles. The number of carbonyl (C=O) groups excluding carboxylic acids is 2. The first-order valence-corrected chi connectivity index (χ1v) is 9.83. The summed E-state index contributed by atoms with van der Waals surface area (Å²) in [5.74, 6) is -0.0536. The van der Waals surface area contributed by atoms with Gasteiger partial charge in [0.05, 0.1) is 24.9 Å². The van der Waals surface area contributed by atoms with Crippen molar-refractivity contribution >= 4 is 11.8 Å². The van der Waals surface area contributed by atoms with E-state index in [1.807, 2.05) is 38.1 Å². The topological polar surface area (TPSA) is 71.8 Å². The first-order chi connectivity index (χ1) is 13.5. The van der Waals surface area contributed by atoms with Crippen molar-refractivity contribution < 1.29 is 18.7 Å². The normalized spacial score (nSPS) is 17.0. The molecule has 1 saturated heterocycles. The van der Waals surface area contributed by atoms with E-state index >= 15 is 0 Å². The van der Waals surface area contributed by atoms with Gasteiger partial charge in [-0.1, -0.05) is 24.3 Å². The van der Waals surface area contributed by atoms with Crippen LogP contribution >= 0.6 is 0 Å². The number of amides is 2. The van der Waals surface area contributed by atoms with Crippen molar-refractivity contribution in [3.63, 3.8) is 0 Å². The third-order valence-electron chi connectivity index (χ3n) is 4.95. The minimum atomic E-state index is -0.202. The molecule has 0 radical (unpaired) electrons. The highest BCUT2D eigenvalue weighted by molar-refractivity contribution is 5.92. The Morgan fingerprint density at radius 2 is 2.00 bits per heavy atom. The molecule has 6 nitrogen and oxygen atoms in total. The molecule has 0 spiro atoms. The summed E-state index contributed by atoms with van der Waals surface area (Å²) in [5.41, 5.74) is 2.13. The Morgan fingerprint density at radius 1 is 1.21 bits per heavy atom. The Balaban J connectivity index is 1.56. The minimum absolute atomic E-state index is 0.0171. The molecule has 3 rings (SSSR count). The average Bonchev–Trinajstić information content (AvgIpc) is 3.25. The van der Waals surface area contributed by atoms with Crippen molar-refractivity contribution in [2.24, 2.45) is 5.92 Å². The zero-order valence-electron chi connectivity index (χ0n) is 16.5. The Bertz CT molecular complexity index is 786. The predicted molar refractivity (Wildman–Crippen MR) is 106 cm³/mol. The number of nitrogens with zero attached hydrogens (tertiary/aromatic N) is 1. The molecular formula is C22H28N2O4. The molecule has 28 heavy (non-hydrogen) atoms. The Labute approximate surface area is 165 Å². The lowest BCUT2D eigenvalue weighted by Crippen LogP contribution is -2.45. The van der Waals surface area contributed by atoms with Gasteiger partial charge in [-0.25, -0.2) is 0 Å². The van der Waals surface area contributed by atoms with Gasteiger partial charge in [0.15, 0.2) is 5.76 Å². The molecule has 0 unspecified atom stereocenters. The number of carbonyl (C=O) groups is 2. The van der Waals surface area contributed by atoms with Crippen molar-refractivity contribution in [3.05, 3.63) is 59.5 Å². The highest BCUT2D eigenvalue weighted by atomic mass is 16.5. The number of nitrogens with one attached hydrogen (secondary N) is 1. The zero-order chi connectivity index (χ0) is 19.9. The SMILES string of the molecule is CC(C)OCc1ccccc1CNC(=O)[C@@H]1CCCN(C(=O)c2ccco2)C1. The molecule has 1 aliphatic rings. The van der Waals surface area contributed by atoms with Gasteiger partial charge in [-0.15, -0.1) is 0 Å². The van der Waals surface area contributed by atoms with Crippen LogP contribution < -0.4 is 5.32 Å². The van der Waals surface area contributed by atoms with Gasteiger partial charge in [-0.2, -0.15) is 0 Å². The van der Waals surface area contributed by atoms with Crippen molar-refractivity contribution in [1.29, 1.82) is 0 Å². The molecule has 0 bridgehead atoms. The van der Waals surface area contributed by atoms with E-state index in [0.717, 1.165) is 24.0 Å². The van der Waals surface area contributed by atoms with Crippen LogP contribution in [0, 0.1) is 5.92 Å². The van der Waals surface area contributed by atoms with Crippen LogP contribution in [0.2, 0.25) is 0 Å². The molecule has 1 N–H and O–H groups in total. The van der Waals surface area contributed by atoms with E-state index in [1.165, 1.54) is 6.26 Å². The Hall–Kier alpha value is -2.60. The van der Waals surface area contributed by atoms with Gasteiger partial charge in [-0.3, -0.25) is 9.59 Å². The van der Waals surface area contributed by atoms with E-state index in [9.17, 15) is 9.59 Å². The van der Waals surface area contributed by atoms with Gasteiger partial charge >= 0.3 is 0 Å². The van der Waals surface area contributed by atoms with Crippen LogP contribution in [0.1, 0.15) is 48.4 Å². The van der Waals surface area contributed by atoms with Gasteiger partial charge in [0, 0.05) is 19.6 Å². The smallest absolute Gasteiger partial charge is 0.289 e. The first-order valence-electron chi connectivity index (χ1n) is 9.83. The van der Waals surface area contributed by atoms with Crippen LogP contribution in [0.4, 0.5) is 0 Å². The standard InChI is InChI=1S/C22H28N2O4/c1-16(2)28-15-19-8-4-3-7-17(19)13-23-21(25)18-9-5-11-24(14-18)22(26)20-10-6-12-27-20/h3-4,6-8,10,12,16,18H,5,9,11,13-15H2,1-2H3,(H,23,25)/t18-/m1/s1. The minimum Gasteiger partial charge on any atom is -0.459 e. The van der Waals surface area contributed by atoms with Crippen LogP contribution in [0.5, 0.6) is 0 Å². The molecule has 1 aliphatic heterocycles. The van der Waals surface area contributed by atoms with E-state index in [-0.39, 0.29) is 23.8 Å². The number of hydrogen-bond acceptors (Lipinski definition) is 4.